The van der Waals surface area contributed by atoms with Crippen LogP contribution in [0.5, 0.6) is 0 Å². The van der Waals surface area contributed by atoms with Crippen LogP contribution in [-0.4, -0.2) is 31.3 Å². The number of halogens is 1. The van der Waals surface area contributed by atoms with Gasteiger partial charge in [0.15, 0.2) is 0 Å². The molecule has 1 unspecified atom stereocenters. The molecule has 0 saturated carbocycles. The van der Waals surface area contributed by atoms with E-state index in [2.05, 4.69) is 4.90 Å². The van der Waals surface area contributed by atoms with E-state index < -0.39 is 0 Å². The van der Waals surface area contributed by atoms with Crippen molar-refractivity contribution in [3.05, 3.63) is 29.6 Å². The van der Waals surface area contributed by atoms with Crippen LogP contribution < -0.4 is 10.6 Å². The number of anilines is 1. The molecular formula is C13H17FN2OS. The fraction of sp³-hybridized carbons (Fsp3) is 0.462. The first-order valence-corrected chi connectivity index (χ1v) is 6.40. The Morgan fingerprint density at radius 3 is 3.00 bits per heavy atom. The number of benzene rings is 1. The lowest BCUT2D eigenvalue weighted by atomic mass is 10.0. The van der Waals surface area contributed by atoms with Gasteiger partial charge in [0.05, 0.1) is 11.7 Å². The Labute approximate surface area is 112 Å². The predicted octanol–water partition coefficient (Wildman–Crippen LogP) is 2.08. The van der Waals surface area contributed by atoms with Gasteiger partial charge in [-0.1, -0.05) is 18.3 Å². The van der Waals surface area contributed by atoms with Crippen LogP contribution >= 0.6 is 12.2 Å². The molecule has 0 radical (unpaired) electrons. The molecule has 0 aromatic heterocycles. The lowest BCUT2D eigenvalue weighted by molar-refractivity contribution is 0.0893. The van der Waals surface area contributed by atoms with E-state index in [1.807, 2.05) is 6.07 Å². The summed E-state index contributed by atoms with van der Waals surface area (Å²) < 4.78 is 19.2. The zero-order chi connectivity index (χ0) is 13.1. The van der Waals surface area contributed by atoms with E-state index in [1.54, 1.807) is 13.2 Å². The van der Waals surface area contributed by atoms with E-state index in [9.17, 15) is 4.39 Å². The van der Waals surface area contributed by atoms with Crippen LogP contribution in [0.1, 0.15) is 18.4 Å². The van der Waals surface area contributed by atoms with Crippen molar-refractivity contribution in [1.29, 1.82) is 0 Å². The third-order valence-electron chi connectivity index (χ3n) is 3.29. The molecule has 18 heavy (non-hydrogen) atoms. The summed E-state index contributed by atoms with van der Waals surface area (Å²) in [5, 5.41) is 0. The van der Waals surface area contributed by atoms with Gasteiger partial charge < -0.3 is 15.4 Å². The Kier molecular flexibility index (Phi) is 4.14. The maximum Gasteiger partial charge on any atom is 0.135 e. The maximum atomic E-state index is 13.8. The summed E-state index contributed by atoms with van der Waals surface area (Å²) in [6, 6.07) is 4.92. The number of hydrogen-bond donors (Lipinski definition) is 1. The van der Waals surface area contributed by atoms with Gasteiger partial charge in [-0.15, -0.1) is 0 Å². The predicted molar refractivity (Wildman–Crippen MR) is 74.5 cm³/mol. The minimum Gasteiger partial charge on any atom is -0.389 e. The molecule has 1 saturated heterocycles. The monoisotopic (exact) mass is 268 g/mol. The third-order valence-corrected chi connectivity index (χ3v) is 3.49. The second kappa shape index (κ2) is 5.63. The lowest BCUT2D eigenvalue weighted by Gasteiger charge is -2.34. The minimum atomic E-state index is -0.362. The van der Waals surface area contributed by atoms with Crippen molar-refractivity contribution in [3.63, 3.8) is 0 Å². The van der Waals surface area contributed by atoms with Crippen LogP contribution in [0.3, 0.4) is 0 Å². The molecule has 1 aromatic carbocycles. The second-order valence-corrected chi connectivity index (χ2v) is 4.88. The lowest BCUT2D eigenvalue weighted by Crippen LogP contribution is -2.40. The first-order chi connectivity index (χ1) is 8.63. The van der Waals surface area contributed by atoms with Crippen LogP contribution in [-0.2, 0) is 4.74 Å². The van der Waals surface area contributed by atoms with Gasteiger partial charge in [0.2, 0.25) is 0 Å². The first-order valence-electron chi connectivity index (χ1n) is 5.99. The second-order valence-electron chi connectivity index (χ2n) is 4.44. The number of nitrogens with two attached hydrogens (primary N) is 1. The van der Waals surface area contributed by atoms with Crippen molar-refractivity contribution in [3.8, 4) is 0 Å². The van der Waals surface area contributed by atoms with E-state index in [0.717, 1.165) is 31.6 Å². The van der Waals surface area contributed by atoms with Gasteiger partial charge in [0, 0.05) is 25.9 Å². The zero-order valence-corrected chi connectivity index (χ0v) is 11.2. The smallest absolute Gasteiger partial charge is 0.135 e. The van der Waals surface area contributed by atoms with Gasteiger partial charge in [-0.3, -0.25) is 0 Å². The number of rotatable bonds is 3. The number of hydrogen-bond acceptors (Lipinski definition) is 3. The van der Waals surface area contributed by atoms with Crippen LogP contribution in [0.2, 0.25) is 0 Å². The summed E-state index contributed by atoms with van der Waals surface area (Å²) in [5.74, 6) is -0.362. The summed E-state index contributed by atoms with van der Waals surface area (Å²) in [6.45, 7) is 1.62. The Balaban J connectivity index is 2.32. The molecule has 1 heterocycles. The van der Waals surface area contributed by atoms with Crippen molar-refractivity contribution in [2.75, 3.05) is 25.1 Å². The molecule has 1 fully saturated rings. The van der Waals surface area contributed by atoms with Crippen molar-refractivity contribution in [2.45, 2.75) is 18.9 Å². The molecule has 0 bridgehead atoms. The number of piperidine rings is 1. The summed E-state index contributed by atoms with van der Waals surface area (Å²) in [4.78, 5) is 2.19. The van der Waals surface area contributed by atoms with Gasteiger partial charge in [0.25, 0.3) is 0 Å². The molecule has 2 N–H and O–H groups in total. The molecule has 2 rings (SSSR count). The van der Waals surface area contributed by atoms with E-state index in [1.165, 1.54) is 6.07 Å². The molecule has 1 aliphatic rings. The highest BCUT2D eigenvalue weighted by Gasteiger charge is 2.23. The standard InChI is InChI=1S/C13H17FN2OS/c1-17-9-4-3-7-16(8-9)11-6-2-5-10(14)12(11)13(15)18/h2,5-6,9H,3-4,7-8H2,1H3,(H2,15,18). The minimum absolute atomic E-state index is 0.0997. The summed E-state index contributed by atoms with van der Waals surface area (Å²) in [7, 11) is 1.70. The highest BCUT2D eigenvalue weighted by molar-refractivity contribution is 7.80. The van der Waals surface area contributed by atoms with Crippen molar-refractivity contribution < 1.29 is 9.13 Å². The molecule has 1 aromatic rings. The first kappa shape index (κ1) is 13.2. The van der Waals surface area contributed by atoms with Crippen molar-refractivity contribution >= 4 is 22.9 Å². The topological polar surface area (TPSA) is 38.5 Å². The largest absolute Gasteiger partial charge is 0.389 e. The van der Waals surface area contributed by atoms with Crippen LogP contribution in [0.4, 0.5) is 10.1 Å². The van der Waals surface area contributed by atoms with Gasteiger partial charge >= 0.3 is 0 Å². The number of methoxy groups -OCH3 is 1. The van der Waals surface area contributed by atoms with Crippen LogP contribution in [0, 0.1) is 5.82 Å². The summed E-state index contributed by atoms with van der Waals surface area (Å²) >= 11 is 4.94. The van der Waals surface area contributed by atoms with Crippen LogP contribution in [0.25, 0.3) is 0 Å². The number of nitrogens with zero attached hydrogens (tertiary/aromatic N) is 1. The van der Waals surface area contributed by atoms with Gasteiger partial charge in [-0.05, 0) is 25.0 Å². The van der Waals surface area contributed by atoms with E-state index in [0.29, 0.717) is 5.56 Å². The normalized spacial score (nSPS) is 19.9. The summed E-state index contributed by atoms with van der Waals surface area (Å²) in [6.07, 6.45) is 2.23. The molecule has 3 nitrogen and oxygen atoms in total. The Hall–Kier alpha value is -1.20. The number of thiocarbonyl (C=S) groups is 1. The number of ether oxygens (including phenoxy) is 1. The van der Waals surface area contributed by atoms with E-state index in [-0.39, 0.29) is 16.9 Å². The fourth-order valence-corrected chi connectivity index (χ4v) is 2.57. The Morgan fingerprint density at radius 1 is 1.56 bits per heavy atom. The Bertz CT molecular complexity index is 453. The molecular weight excluding hydrogens is 251 g/mol. The Morgan fingerprint density at radius 2 is 2.33 bits per heavy atom. The summed E-state index contributed by atoms with van der Waals surface area (Å²) in [5.41, 5.74) is 6.73. The van der Waals surface area contributed by atoms with E-state index in [4.69, 9.17) is 22.7 Å². The highest BCUT2D eigenvalue weighted by Crippen LogP contribution is 2.26. The molecule has 0 aliphatic carbocycles. The molecule has 1 aliphatic heterocycles. The molecule has 98 valence electrons. The van der Waals surface area contributed by atoms with Gasteiger partial charge in [-0.2, -0.15) is 0 Å². The molecule has 0 amide bonds. The maximum absolute atomic E-state index is 13.8. The van der Waals surface area contributed by atoms with Gasteiger partial charge in [-0.25, -0.2) is 4.39 Å². The average molecular weight is 268 g/mol. The van der Waals surface area contributed by atoms with Gasteiger partial charge in [0.1, 0.15) is 10.8 Å². The van der Waals surface area contributed by atoms with Crippen molar-refractivity contribution in [2.24, 2.45) is 5.73 Å². The molecule has 5 heteroatoms. The van der Waals surface area contributed by atoms with Crippen molar-refractivity contribution in [1.82, 2.24) is 0 Å². The molecule has 0 spiro atoms. The fourth-order valence-electron chi connectivity index (χ4n) is 2.37. The molecule has 1 atom stereocenters. The third kappa shape index (κ3) is 2.62. The zero-order valence-electron chi connectivity index (χ0n) is 10.4. The average Bonchev–Trinajstić information content (AvgIpc) is 2.38. The SMILES string of the molecule is COC1CCCN(c2cccc(F)c2C(N)=S)C1. The quantitative estimate of drug-likeness (QED) is 0.852. The van der Waals surface area contributed by atoms with Crippen LogP contribution in [0.15, 0.2) is 18.2 Å². The highest BCUT2D eigenvalue weighted by atomic mass is 32.1. The van der Waals surface area contributed by atoms with E-state index >= 15 is 0 Å².